The minimum atomic E-state index is -0.394. The van der Waals surface area contributed by atoms with Gasteiger partial charge in [0.1, 0.15) is 0 Å². The third kappa shape index (κ3) is 8.21. The second kappa shape index (κ2) is 12.1. The summed E-state index contributed by atoms with van der Waals surface area (Å²) >= 11 is 0. The van der Waals surface area contributed by atoms with Crippen LogP contribution in [-0.4, -0.2) is 11.0 Å². The molecule has 0 spiro atoms. The normalized spacial score (nSPS) is 12.2. The van der Waals surface area contributed by atoms with Gasteiger partial charge in [0, 0.05) is 18.3 Å². The van der Waals surface area contributed by atoms with E-state index >= 15 is 0 Å². The number of esters is 1. The lowest BCUT2D eigenvalue weighted by atomic mass is 10.0. The van der Waals surface area contributed by atoms with E-state index in [1.54, 1.807) is 6.07 Å². The zero-order valence-corrected chi connectivity index (χ0v) is 16.6. The van der Waals surface area contributed by atoms with E-state index in [0.717, 1.165) is 6.42 Å². The minimum Gasteiger partial charge on any atom is -0.404 e. The number of rotatable bonds is 11. The molecular formula is C24H31NO2. The predicted octanol–water partition coefficient (Wildman–Crippen LogP) is 6.25. The van der Waals surface area contributed by atoms with Crippen LogP contribution in [0.1, 0.15) is 69.4 Å². The molecule has 3 heteroatoms. The van der Waals surface area contributed by atoms with E-state index in [1.807, 2.05) is 48.7 Å². The maximum Gasteiger partial charge on any atom is 0.337 e. The topological polar surface area (TPSA) is 39.2 Å². The summed E-state index contributed by atoms with van der Waals surface area (Å²) in [5.74, 6) is 0.115. The van der Waals surface area contributed by atoms with Crippen LogP contribution < -0.4 is 4.74 Å². The first-order valence-corrected chi connectivity index (χ1v) is 10.1. The molecule has 0 bridgehead atoms. The summed E-state index contributed by atoms with van der Waals surface area (Å²) in [5.41, 5.74) is 2.36. The number of nitrogens with zero attached hydrogens (tertiary/aromatic N) is 1. The molecule has 0 N–H and O–H groups in total. The van der Waals surface area contributed by atoms with Crippen LogP contribution in [0.4, 0.5) is 0 Å². The Hall–Kier alpha value is -2.42. The molecule has 0 radical (unpaired) electrons. The summed E-state index contributed by atoms with van der Waals surface area (Å²) < 4.78 is 5.29. The number of hydrogen-bond acceptors (Lipinski definition) is 3. The van der Waals surface area contributed by atoms with Gasteiger partial charge in [-0.3, -0.25) is 0 Å². The van der Waals surface area contributed by atoms with Crippen molar-refractivity contribution in [1.29, 1.82) is 0 Å². The van der Waals surface area contributed by atoms with Gasteiger partial charge in [0.25, 0.3) is 0 Å². The van der Waals surface area contributed by atoms with Gasteiger partial charge in [-0.2, -0.15) is 0 Å². The van der Waals surface area contributed by atoms with Gasteiger partial charge in [0.15, 0.2) is 0 Å². The zero-order valence-electron chi connectivity index (χ0n) is 16.6. The van der Waals surface area contributed by atoms with E-state index in [9.17, 15) is 4.79 Å². The summed E-state index contributed by atoms with van der Waals surface area (Å²) in [4.78, 5) is 16.2. The predicted molar refractivity (Wildman–Crippen MR) is 111 cm³/mol. The van der Waals surface area contributed by atoms with Crippen LogP contribution in [0.3, 0.4) is 0 Å². The largest absolute Gasteiger partial charge is 0.404 e. The zero-order chi connectivity index (χ0) is 19.3. The average molecular weight is 366 g/mol. The number of aryl methyl sites for hydroxylation is 1. The van der Waals surface area contributed by atoms with Crippen LogP contribution in [0, 0.1) is 0 Å². The fourth-order valence-corrected chi connectivity index (χ4v) is 2.96. The van der Waals surface area contributed by atoms with Crippen LogP contribution in [0.5, 0.6) is 5.88 Å². The lowest BCUT2D eigenvalue weighted by Crippen LogP contribution is -2.06. The lowest BCUT2D eigenvalue weighted by molar-refractivity contribution is -0.129. The average Bonchev–Trinajstić information content (AvgIpc) is 2.70. The number of carbonyl (C=O) groups is 1. The number of aromatic nitrogens is 1. The molecule has 144 valence electrons. The second-order valence-corrected chi connectivity index (χ2v) is 7.00. The molecule has 1 unspecified atom stereocenters. The highest BCUT2D eigenvalue weighted by Crippen LogP contribution is 2.16. The Morgan fingerprint density at radius 1 is 1.04 bits per heavy atom. The van der Waals surface area contributed by atoms with Crippen LogP contribution in [-0.2, 0) is 11.2 Å². The van der Waals surface area contributed by atoms with E-state index in [4.69, 9.17) is 4.74 Å². The van der Waals surface area contributed by atoms with Gasteiger partial charge in [-0.15, -0.1) is 0 Å². The Morgan fingerprint density at radius 2 is 1.78 bits per heavy atom. The van der Waals surface area contributed by atoms with Crippen LogP contribution in [0.25, 0.3) is 0 Å². The van der Waals surface area contributed by atoms with Crippen LogP contribution in [0.2, 0.25) is 0 Å². The molecule has 1 aromatic heterocycles. The maximum atomic E-state index is 12.0. The van der Waals surface area contributed by atoms with Gasteiger partial charge in [0.2, 0.25) is 5.88 Å². The molecule has 0 amide bonds. The Kier molecular flexibility index (Phi) is 9.33. The van der Waals surface area contributed by atoms with Gasteiger partial charge in [0.05, 0.1) is 0 Å². The Balaban J connectivity index is 1.73. The van der Waals surface area contributed by atoms with E-state index in [1.165, 1.54) is 55.7 Å². The van der Waals surface area contributed by atoms with Crippen molar-refractivity contribution in [2.24, 2.45) is 0 Å². The summed E-state index contributed by atoms with van der Waals surface area (Å²) in [6.45, 7) is 4.29. The number of benzene rings is 1. The van der Waals surface area contributed by atoms with E-state index in [0.29, 0.717) is 5.88 Å². The first-order chi connectivity index (χ1) is 13.2. The summed E-state index contributed by atoms with van der Waals surface area (Å²) in [5, 5.41) is 0. The van der Waals surface area contributed by atoms with Gasteiger partial charge in [-0.05, 0) is 29.9 Å². The molecule has 0 aliphatic carbocycles. The molecule has 0 saturated heterocycles. The number of hydrogen-bond donors (Lipinski definition) is 0. The molecule has 1 atom stereocenters. The number of ether oxygens (including phenoxy) is 1. The third-order valence-corrected chi connectivity index (χ3v) is 4.67. The second-order valence-electron chi connectivity index (χ2n) is 7.00. The standard InChI is InChI=1S/C24H31NO2/c1-3-4-5-6-7-9-12-21-16-17-23(25-19-21)27-24(26)18-15-20(2)22-13-10-8-11-14-22/h8,10-11,13-20H,3-7,9,12H2,1-2H3. The van der Waals surface area contributed by atoms with Crippen molar-refractivity contribution in [3.8, 4) is 5.88 Å². The monoisotopic (exact) mass is 365 g/mol. The van der Waals surface area contributed by atoms with Gasteiger partial charge in [-0.1, -0.05) is 88.4 Å². The van der Waals surface area contributed by atoms with E-state index in [-0.39, 0.29) is 5.92 Å². The minimum absolute atomic E-state index is 0.159. The third-order valence-electron chi connectivity index (χ3n) is 4.67. The van der Waals surface area contributed by atoms with Crippen molar-refractivity contribution in [1.82, 2.24) is 4.98 Å². The molecule has 1 aromatic carbocycles. The smallest absolute Gasteiger partial charge is 0.337 e. The van der Waals surface area contributed by atoms with Crippen molar-refractivity contribution < 1.29 is 9.53 Å². The Labute approximate surface area is 163 Å². The lowest BCUT2D eigenvalue weighted by Gasteiger charge is -2.06. The highest BCUT2D eigenvalue weighted by molar-refractivity contribution is 5.83. The van der Waals surface area contributed by atoms with Crippen molar-refractivity contribution in [3.63, 3.8) is 0 Å². The van der Waals surface area contributed by atoms with Crippen LogP contribution in [0.15, 0.2) is 60.8 Å². The van der Waals surface area contributed by atoms with Gasteiger partial charge < -0.3 is 4.74 Å². The fraction of sp³-hybridized carbons (Fsp3) is 0.417. The summed E-state index contributed by atoms with van der Waals surface area (Å²) in [6, 6.07) is 13.8. The number of pyridine rings is 1. The quantitative estimate of drug-likeness (QED) is 0.268. The highest BCUT2D eigenvalue weighted by atomic mass is 16.5. The first-order valence-electron chi connectivity index (χ1n) is 10.1. The number of carbonyl (C=O) groups excluding carboxylic acids is 1. The Morgan fingerprint density at radius 3 is 2.48 bits per heavy atom. The molecule has 0 fully saturated rings. The van der Waals surface area contributed by atoms with E-state index < -0.39 is 5.97 Å². The van der Waals surface area contributed by atoms with E-state index in [2.05, 4.69) is 18.8 Å². The highest BCUT2D eigenvalue weighted by Gasteiger charge is 2.05. The number of unbranched alkanes of at least 4 members (excludes halogenated alkanes) is 5. The van der Waals surface area contributed by atoms with Crippen molar-refractivity contribution in [3.05, 3.63) is 71.9 Å². The van der Waals surface area contributed by atoms with Gasteiger partial charge in [-0.25, -0.2) is 9.78 Å². The van der Waals surface area contributed by atoms with Crippen molar-refractivity contribution in [2.75, 3.05) is 0 Å². The molecule has 2 aromatic rings. The molecule has 2 rings (SSSR count). The maximum absolute atomic E-state index is 12.0. The first kappa shape index (κ1) is 20.9. The molecule has 0 aliphatic heterocycles. The summed E-state index contributed by atoms with van der Waals surface area (Å²) in [7, 11) is 0. The molecule has 27 heavy (non-hydrogen) atoms. The number of allylic oxidation sites excluding steroid dienone is 1. The molecule has 3 nitrogen and oxygen atoms in total. The Bertz CT molecular complexity index is 692. The van der Waals surface area contributed by atoms with Crippen molar-refractivity contribution in [2.45, 2.75) is 64.7 Å². The molecule has 0 saturated carbocycles. The summed E-state index contributed by atoms with van der Waals surface area (Å²) in [6.07, 6.45) is 13.9. The SMILES string of the molecule is CCCCCCCCc1ccc(OC(=O)C=CC(C)c2ccccc2)nc1. The molecule has 1 heterocycles. The van der Waals surface area contributed by atoms with Gasteiger partial charge >= 0.3 is 5.97 Å². The van der Waals surface area contributed by atoms with Crippen LogP contribution >= 0.6 is 0 Å². The fourth-order valence-electron chi connectivity index (χ4n) is 2.96. The van der Waals surface area contributed by atoms with Crippen molar-refractivity contribution >= 4 is 5.97 Å². The molecule has 0 aliphatic rings. The molecular weight excluding hydrogens is 334 g/mol.